The smallest absolute Gasteiger partial charge is 0.316 e. The Balaban J connectivity index is 1.73. The Labute approximate surface area is 89.2 Å². The van der Waals surface area contributed by atoms with Crippen LogP contribution < -0.4 is 10.6 Å². The minimum atomic E-state index is -0.233. The average molecular weight is 211 g/mol. The predicted molar refractivity (Wildman–Crippen MR) is 55.3 cm³/mol. The van der Waals surface area contributed by atoms with E-state index in [2.05, 4.69) is 10.6 Å². The number of carbonyl (C=O) groups is 2. The highest BCUT2D eigenvalue weighted by Gasteiger charge is 2.26. The van der Waals surface area contributed by atoms with E-state index < -0.39 is 0 Å². The Kier molecular flexibility index (Phi) is 3.20. The summed E-state index contributed by atoms with van der Waals surface area (Å²) in [5, 5.41) is 5.63. The van der Waals surface area contributed by atoms with Crippen molar-refractivity contribution in [1.82, 2.24) is 15.5 Å². The van der Waals surface area contributed by atoms with Crippen LogP contribution in [0.4, 0.5) is 4.79 Å². The summed E-state index contributed by atoms with van der Waals surface area (Å²) in [4.78, 5) is 23.8. The van der Waals surface area contributed by atoms with Crippen LogP contribution in [0, 0.1) is 5.92 Å². The van der Waals surface area contributed by atoms with E-state index in [-0.39, 0.29) is 18.5 Å². The number of nitrogens with zero attached hydrogens (tertiary/aromatic N) is 1. The Morgan fingerprint density at radius 1 is 1.40 bits per heavy atom. The number of imide groups is 1. The molecule has 2 heterocycles. The van der Waals surface area contributed by atoms with Gasteiger partial charge in [0.15, 0.2) is 0 Å². The molecule has 2 aliphatic heterocycles. The lowest BCUT2D eigenvalue weighted by Crippen LogP contribution is -2.34. The standard InChI is InChI=1S/C10H17N3O2/c14-9-7-13(10(15)12-9)5-3-8-2-1-4-11-6-8/h8,11H,1-7H2,(H,12,14,15). The van der Waals surface area contributed by atoms with Crippen molar-refractivity contribution in [3.63, 3.8) is 0 Å². The Bertz CT molecular complexity index is 261. The van der Waals surface area contributed by atoms with E-state index in [4.69, 9.17) is 0 Å². The van der Waals surface area contributed by atoms with Crippen LogP contribution in [0.5, 0.6) is 0 Å². The summed E-state index contributed by atoms with van der Waals surface area (Å²) in [5.74, 6) is 0.476. The third-order valence-electron chi connectivity index (χ3n) is 3.07. The van der Waals surface area contributed by atoms with E-state index in [1.165, 1.54) is 12.8 Å². The zero-order valence-electron chi connectivity index (χ0n) is 8.79. The largest absolute Gasteiger partial charge is 0.324 e. The number of amides is 3. The highest BCUT2D eigenvalue weighted by molar-refractivity contribution is 6.01. The zero-order chi connectivity index (χ0) is 10.7. The predicted octanol–water partition coefficient (Wildman–Crippen LogP) is -0.0721. The molecule has 84 valence electrons. The van der Waals surface area contributed by atoms with E-state index in [1.54, 1.807) is 4.90 Å². The van der Waals surface area contributed by atoms with Gasteiger partial charge in [-0.15, -0.1) is 0 Å². The average Bonchev–Trinajstić information content (AvgIpc) is 2.56. The maximum Gasteiger partial charge on any atom is 0.324 e. The molecule has 0 aromatic heterocycles. The summed E-state index contributed by atoms with van der Waals surface area (Å²) in [6.45, 7) is 3.09. The Morgan fingerprint density at radius 3 is 2.87 bits per heavy atom. The van der Waals surface area contributed by atoms with Crippen LogP contribution in [0.1, 0.15) is 19.3 Å². The van der Waals surface area contributed by atoms with Crippen LogP contribution in [0.2, 0.25) is 0 Å². The van der Waals surface area contributed by atoms with Gasteiger partial charge in [-0.05, 0) is 38.3 Å². The van der Waals surface area contributed by atoms with Crippen LogP contribution in [-0.2, 0) is 4.79 Å². The monoisotopic (exact) mass is 211 g/mol. The number of rotatable bonds is 3. The topological polar surface area (TPSA) is 61.4 Å². The summed E-state index contributed by atoms with van der Waals surface area (Å²) in [6, 6.07) is -0.233. The summed E-state index contributed by atoms with van der Waals surface area (Å²) in [6.07, 6.45) is 3.44. The molecule has 3 amide bonds. The third kappa shape index (κ3) is 2.68. The fraction of sp³-hybridized carbons (Fsp3) is 0.800. The van der Waals surface area contributed by atoms with Gasteiger partial charge in [-0.2, -0.15) is 0 Å². The van der Waals surface area contributed by atoms with E-state index in [0.29, 0.717) is 12.5 Å². The van der Waals surface area contributed by atoms with Gasteiger partial charge in [-0.3, -0.25) is 10.1 Å². The van der Waals surface area contributed by atoms with E-state index in [0.717, 1.165) is 19.5 Å². The number of piperidine rings is 1. The number of hydrogen-bond donors (Lipinski definition) is 2. The molecule has 5 nitrogen and oxygen atoms in total. The molecule has 15 heavy (non-hydrogen) atoms. The number of urea groups is 1. The van der Waals surface area contributed by atoms with Crippen molar-refractivity contribution < 1.29 is 9.59 Å². The summed E-state index contributed by atoms with van der Waals surface area (Å²) in [7, 11) is 0. The quantitative estimate of drug-likeness (QED) is 0.642. The molecule has 2 fully saturated rings. The van der Waals surface area contributed by atoms with Crippen LogP contribution in [0.3, 0.4) is 0 Å². The van der Waals surface area contributed by atoms with E-state index >= 15 is 0 Å². The molecule has 0 aromatic rings. The van der Waals surface area contributed by atoms with E-state index in [9.17, 15) is 9.59 Å². The molecule has 0 aliphatic carbocycles. The lowest BCUT2D eigenvalue weighted by Gasteiger charge is -2.24. The second-order valence-electron chi connectivity index (χ2n) is 4.28. The van der Waals surface area contributed by atoms with Crippen molar-refractivity contribution in [2.45, 2.75) is 19.3 Å². The molecule has 2 N–H and O–H groups in total. The van der Waals surface area contributed by atoms with Crippen molar-refractivity contribution in [1.29, 1.82) is 0 Å². The molecule has 2 rings (SSSR count). The van der Waals surface area contributed by atoms with Gasteiger partial charge >= 0.3 is 6.03 Å². The van der Waals surface area contributed by atoms with Crippen molar-refractivity contribution in [2.24, 2.45) is 5.92 Å². The highest BCUT2D eigenvalue weighted by atomic mass is 16.2. The van der Waals surface area contributed by atoms with Gasteiger partial charge in [0.25, 0.3) is 0 Å². The normalized spacial score (nSPS) is 26.9. The molecule has 0 saturated carbocycles. The highest BCUT2D eigenvalue weighted by Crippen LogP contribution is 2.15. The molecule has 0 aromatic carbocycles. The van der Waals surface area contributed by atoms with Crippen LogP contribution in [-0.4, -0.2) is 43.0 Å². The first-order valence-electron chi connectivity index (χ1n) is 5.55. The van der Waals surface area contributed by atoms with Gasteiger partial charge in [0.05, 0.1) is 0 Å². The van der Waals surface area contributed by atoms with Gasteiger partial charge in [0.1, 0.15) is 6.54 Å². The second-order valence-corrected chi connectivity index (χ2v) is 4.28. The molecule has 0 bridgehead atoms. The van der Waals surface area contributed by atoms with E-state index in [1.807, 2.05) is 0 Å². The summed E-state index contributed by atoms with van der Waals surface area (Å²) in [5.41, 5.74) is 0. The molecular weight excluding hydrogens is 194 g/mol. The number of carbonyl (C=O) groups excluding carboxylic acids is 2. The lowest BCUT2D eigenvalue weighted by atomic mass is 9.96. The molecule has 2 saturated heterocycles. The maximum absolute atomic E-state index is 11.2. The van der Waals surface area contributed by atoms with Crippen molar-refractivity contribution in [2.75, 3.05) is 26.2 Å². The summed E-state index contributed by atoms with van der Waals surface area (Å²) < 4.78 is 0. The van der Waals surface area contributed by atoms with Crippen molar-refractivity contribution in [3.05, 3.63) is 0 Å². The number of hydrogen-bond acceptors (Lipinski definition) is 3. The third-order valence-corrected chi connectivity index (χ3v) is 3.07. The fourth-order valence-corrected chi connectivity index (χ4v) is 2.17. The van der Waals surface area contributed by atoms with Gasteiger partial charge in [0.2, 0.25) is 5.91 Å². The SMILES string of the molecule is O=C1CN(CCC2CCCNC2)C(=O)N1. The molecule has 0 radical (unpaired) electrons. The molecule has 5 heteroatoms. The first-order valence-corrected chi connectivity index (χ1v) is 5.55. The molecule has 1 unspecified atom stereocenters. The van der Waals surface area contributed by atoms with Crippen molar-refractivity contribution in [3.8, 4) is 0 Å². The van der Waals surface area contributed by atoms with Crippen LogP contribution >= 0.6 is 0 Å². The Morgan fingerprint density at radius 2 is 2.27 bits per heavy atom. The summed E-state index contributed by atoms with van der Waals surface area (Å²) >= 11 is 0. The maximum atomic E-state index is 11.2. The minimum absolute atomic E-state index is 0.179. The molecule has 1 atom stereocenters. The van der Waals surface area contributed by atoms with Crippen LogP contribution in [0.25, 0.3) is 0 Å². The molecular formula is C10H17N3O2. The minimum Gasteiger partial charge on any atom is -0.316 e. The van der Waals surface area contributed by atoms with Gasteiger partial charge in [0, 0.05) is 6.54 Å². The first kappa shape index (κ1) is 10.4. The molecule has 0 spiro atoms. The van der Waals surface area contributed by atoms with Gasteiger partial charge < -0.3 is 10.2 Å². The Hall–Kier alpha value is -1.10. The first-order chi connectivity index (χ1) is 7.25. The van der Waals surface area contributed by atoms with Gasteiger partial charge in [-0.25, -0.2) is 4.79 Å². The second kappa shape index (κ2) is 4.61. The lowest BCUT2D eigenvalue weighted by molar-refractivity contribution is -0.118. The zero-order valence-corrected chi connectivity index (χ0v) is 8.79. The fourth-order valence-electron chi connectivity index (χ4n) is 2.17. The van der Waals surface area contributed by atoms with Crippen molar-refractivity contribution >= 4 is 11.9 Å². The van der Waals surface area contributed by atoms with Crippen LogP contribution in [0.15, 0.2) is 0 Å². The molecule has 2 aliphatic rings. The van der Waals surface area contributed by atoms with Gasteiger partial charge in [-0.1, -0.05) is 0 Å². The number of nitrogens with one attached hydrogen (secondary N) is 2.